The Kier molecular flexibility index (Phi) is 8.40. The Hall–Kier alpha value is -1.77. The molecule has 7 heteroatoms. The van der Waals surface area contributed by atoms with E-state index in [1.807, 2.05) is 19.1 Å². The molecule has 0 aliphatic rings. The number of aromatic hydroxyl groups is 2. The van der Waals surface area contributed by atoms with E-state index in [1.54, 1.807) is 24.3 Å². The van der Waals surface area contributed by atoms with Crippen LogP contribution in [-0.2, 0) is 22.5 Å². The van der Waals surface area contributed by atoms with E-state index >= 15 is 0 Å². The van der Waals surface area contributed by atoms with E-state index in [1.165, 1.54) is 12.3 Å². The minimum absolute atomic E-state index is 0.0288. The topological polar surface area (TPSA) is 105 Å². The number of hydrogen-bond acceptors (Lipinski definition) is 6. The smallest absolute Gasteiger partial charge is 0.194 e. The molecular weight excluding hydrogens is 366 g/mol. The molecule has 0 radical (unpaired) electrons. The number of aliphatic hydroxyl groups excluding tert-OH is 1. The Morgan fingerprint density at radius 2 is 1.85 bits per heavy atom. The van der Waals surface area contributed by atoms with E-state index in [0.717, 1.165) is 12.0 Å². The summed E-state index contributed by atoms with van der Waals surface area (Å²) < 4.78 is 17.2. The van der Waals surface area contributed by atoms with E-state index in [-0.39, 0.29) is 17.5 Å². The third-order valence-corrected chi connectivity index (χ3v) is 5.18. The summed E-state index contributed by atoms with van der Waals surface area (Å²) in [5.41, 5.74) is 1.61. The van der Waals surface area contributed by atoms with Gasteiger partial charge in [-0.1, -0.05) is 18.2 Å². The van der Waals surface area contributed by atoms with Crippen LogP contribution in [0.5, 0.6) is 11.5 Å². The zero-order valence-electron chi connectivity index (χ0n) is 15.6. The predicted octanol–water partition coefficient (Wildman–Crippen LogP) is 2.45. The van der Waals surface area contributed by atoms with Crippen molar-refractivity contribution in [2.75, 3.05) is 19.4 Å². The Morgan fingerprint density at radius 3 is 2.52 bits per heavy atom. The largest absolute Gasteiger partial charge is 0.612 e. The van der Waals surface area contributed by atoms with Gasteiger partial charge in [-0.3, -0.25) is 0 Å². The summed E-state index contributed by atoms with van der Waals surface area (Å²) in [7, 11) is 0. The van der Waals surface area contributed by atoms with Crippen LogP contribution >= 0.6 is 0 Å². The summed E-state index contributed by atoms with van der Waals surface area (Å²) in [6.07, 6.45) is 1.52. The van der Waals surface area contributed by atoms with Gasteiger partial charge in [0.25, 0.3) is 0 Å². The summed E-state index contributed by atoms with van der Waals surface area (Å²) in [6, 6.07) is 11.7. The standard InChI is InChI=1S/C20H27NO5S/c1-14(9-10-26-13-15-3-6-17(22)7-4-15)21-12-19(24)16-5-8-18(23)20(11-16)27(2)25/h3-8,11,14,19,21-24H,9-10,12-13H2,1-2H3. The first-order valence-corrected chi connectivity index (χ1v) is 10.4. The Balaban J connectivity index is 1.71. The Bertz CT molecular complexity index is 708. The van der Waals surface area contributed by atoms with Crippen LogP contribution in [0.3, 0.4) is 0 Å². The second-order valence-corrected chi connectivity index (χ2v) is 7.86. The molecule has 0 fully saturated rings. The molecule has 0 spiro atoms. The third-order valence-electron chi connectivity index (χ3n) is 4.24. The predicted molar refractivity (Wildman–Crippen MR) is 105 cm³/mol. The van der Waals surface area contributed by atoms with Crippen LogP contribution in [0.15, 0.2) is 47.4 Å². The number of phenols is 2. The lowest BCUT2D eigenvalue weighted by atomic mass is 10.1. The fourth-order valence-electron chi connectivity index (χ4n) is 2.54. The van der Waals surface area contributed by atoms with Crippen molar-refractivity contribution in [2.45, 2.75) is 37.0 Å². The second-order valence-electron chi connectivity index (χ2n) is 6.51. The fourth-order valence-corrected chi connectivity index (χ4v) is 3.21. The van der Waals surface area contributed by atoms with E-state index < -0.39 is 17.3 Å². The molecule has 0 aliphatic heterocycles. The molecule has 0 aliphatic carbocycles. The van der Waals surface area contributed by atoms with Gasteiger partial charge in [0.1, 0.15) is 12.0 Å². The number of nitrogens with one attached hydrogen (secondary N) is 1. The van der Waals surface area contributed by atoms with Crippen molar-refractivity contribution in [3.8, 4) is 11.5 Å². The van der Waals surface area contributed by atoms with Gasteiger partial charge in [-0.2, -0.15) is 0 Å². The van der Waals surface area contributed by atoms with Crippen LogP contribution in [0, 0.1) is 0 Å². The van der Waals surface area contributed by atoms with E-state index in [9.17, 15) is 19.9 Å². The second kappa shape index (κ2) is 10.5. The van der Waals surface area contributed by atoms with Crippen molar-refractivity contribution in [3.05, 3.63) is 53.6 Å². The highest BCUT2D eigenvalue weighted by Crippen LogP contribution is 2.26. The highest BCUT2D eigenvalue weighted by atomic mass is 32.2. The van der Waals surface area contributed by atoms with E-state index in [4.69, 9.17) is 4.74 Å². The van der Waals surface area contributed by atoms with Crippen LogP contribution in [0.25, 0.3) is 0 Å². The van der Waals surface area contributed by atoms with Crippen molar-refractivity contribution >= 4 is 11.2 Å². The average molecular weight is 394 g/mol. The normalized spacial score (nSPS) is 14.7. The van der Waals surface area contributed by atoms with Gasteiger partial charge >= 0.3 is 0 Å². The molecule has 27 heavy (non-hydrogen) atoms. The summed E-state index contributed by atoms with van der Waals surface area (Å²) in [5.74, 6) is 0.208. The lowest BCUT2D eigenvalue weighted by Crippen LogP contribution is -2.31. The maximum Gasteiger partial charge on any atom is 0.194 e. The zero-order valence-corrected chi connectivity index (χ0v) is 16.4. The maximum atomic E-state index is 11.6. The minimum Gasteiger partial charge on any atom is -0.612 e. The van der Waals surface area contributed by atoms with Crippen LogP contribution in [-0.4, -0.2) is 45.3 Å². The molecule has 6 nitrogen and oxygen atoms in total. The number of hydrogen-bond donors (Lipinski definition) is 4. The van der Waals surface area contributed by atoms with Gasteiger partial charge in [-0.15, -0.1) is 0 Å². The molecule has 3 atom stereocenters. The quantitative estimate of drug-likeness (QED) is 0.365. The number of ether oxygens (including phenoxy) is 1. The SMILES string of the molecule is CC(CCOCc1ccc(O)cc1)NCC(O)c1ccc(O)c([S+](C)[O-])c1. The highest BCUT2D eigenvalue weighted by Gasteiger charge is 2.16. The van der Waals surface area contributed by atoms with Crippen LogP contribution < -0.4 is 5.32 Å². The van der Waals surface area contributed by atoms with Gasteiger partial charge in [0.15, 0.2) is 10.6 Å². The average Bonchev–Trinajstić information content (AvgIpc) is 2.64. The molecular formula is C20H27NO5S. The molecule has 2 aromatic rings. The molecule has 0 amide bonds. The van der Waals surface area contributed by atoms with Gasteiger partial charge in [0.05, 0.1) is 12.7 Å². The Labute approximate surface area is 163 Å². The molecule has 0 aromatic heterocycles. The van der Waals surface area contributed by atoms with Gasteiger partial charge in [-0.25, -0.2) is 0 Å². The molecule has 4 N–H and O–H groups in total. The lowest BCUT2D eigenvalue weighted by Gasteiger charge is -2.18. The molecule has 0 saturated heterocycles. The summed E-state index contributed by atoms with van der Waals surface area (Å²) in [5, 5.41) is 32.5. The third kappa shape index (κ3) is 7.04. The first-order valence-electron chi connectivity index (χ1n) is 8.80. The number of phenolic OH excluding ortho intramolecular Hbond substituents is 2. The van der Waals surface area contributed by atoms with Crippen molar-refractivity contribution in [1.29, 1.82) is 0 Å². The molecule has 0 bridgehead atoms. The lowest BCUT2D eigenvalue weighted by molar-refractivity contribution is 0.109. The van der Waals surface area contributed by atoms with Gasteiger partial charge in [0.2, 0.25) is 0 Å². The summed E-state index contributed by atoms with van der Waals surface area (Å²) in [6.45, 7) is 3.42. The van der Waals surface area contributed by atoms with Crippen molar-refractivity contribution in [3.63, 3.8) is 0 Å². The molecule has 0 saturated carbocycles. The number of benzene rings is 2. The molecule has 0 heterocycles. The molecule has 2 aromatic carbocycles. The molecule has 148 valence electrons. The first kappa shape index (κ1) is 21.5. The fraction of sp³-hybridized carbons (Fsp3) is 0.400. The van der Waals surface area contributed by atoms with Gasteiger partial charge in [-0.05, 0) is 53.8 Å². The molecule has 3 unspecified atom stereocenters. The molecule has 2 rings (SSSR count). The van der Waals surface area contributed by atoms with Crippen LogP contribution in [0.1, 0.15) is 30.6 Å². The van der Waals surface area contributed by atoms with E-state index in [0.29, 0.717) is 30.2 Å². The first-order chi connectivity index (χ1) is 12.9. The van der Waals surface area contributed by atoms with Crippen LogP contribution in [0.4, 0.5) is 0 Å². The summed E-state index contributed by atoms with van der Waals surface area (Å²) >= 11 is -1.31. The minimum atomic E-state index is -1.31. The van der Waals surface area contributed by atoms with Crippen molar-refractivity contribution < 1.29 is 24.6 Å². The van der Waals surface area contributed by atoms with Crippen LogP contribution in [0.2, 0.25) is 0 Å². The zero-order chi connectivity index (χ0) is 19.8. The number of aliphatic hydroxyl groups is 1. The van der Waals surface area contributed by atoms with Crippen molar-refractivity contribution in [2.24, 2.45) is 0 Å². The maximum absolute atomic E-state index is 11.6. The van der Waals surface area contributed by atoms with Gasteiger partial charge < -0.3 is 29.9 Å². The summed E-state index contributed by atoms with van der Waals surface area (Å²) in [4.78, 5) is 0.322. The highest BCUT2D eigenvalue weighted by molar-refractivity contribution is 7.90. The Morgan fingerprint density at radius 1 is 1.15 bits per heavy atom. The van der Waals surface area contributed by atoms with Crippen molar-refractivity contribution in [1.82, 2.24) is 5.32 Å². The number of rotatable bonds is 10. The van der Waals surface area contributed by atoms with E-state index in [2.05, 4.69) is 5.32 Å². The van der Waals surface area contributed by atoms with Gasteiger partial charge in [0, 0.05) is 25.3 Å². The monoisotopic (exact) mass is 393 g/mol.